The number of pyridine rings is 1. The number of piperazine rings is 1. The fraction of sp³-hybridized carbons (Fsp3) is 0.531. The molecule has 40 heavy (non-hydrogen) atoms. The maximum Gasteiger partial charge on any atom is 0.229 e. The Morgan fingerprint density at radius 2 is 1.57 bits per heavy atom. The molecule has 1 aromatic carbocycles. The Hall–Kier alpha value is -3.15. The summed E-state index contributed by atoms with van der Waals surface area (Å²) in [7, 11) is 0.279. The Morgan fingerprint density at radius 1 is 0.925 bits per heavy atom. The molecule has 2 fully saturated rings. The molecule has 0 atom stereocenters. The highest BCUT2D eigenvalue weighted by molar-refractivity contribution is 6.90. The molecule has 1 saturated heterocycles. The second kappa shape index (κ2) is 11.8. The molecule has 212 valence electrons. The molecule has 5 rings (SSSR count). The zero-order valence-corrected chi connectivity index (χ0v) is 26.2. The molecule has 0 bridgehead atoms. The van der Waals surface area contributed by atoms with E-state index in [1.54, 1.807) is 0 Å². The number of benzene rings is 1. The second-order valence-corrected chi connectivity index (χ2v) is 17.9. The van der Waals surface area contributed by atoms with Crippen molar-refractivity contribution in [2.45, 2.75) is 77.1 Å². The van der Waals surface area contributed by atoms with Gasteiger partial charge >= 0.3 is 0 Å². The lowest BCUT2D eigenvalue weighted by molar-refractivity contribution is 0.292. The number of hydrogen-bond acceptors (Lipinski definition) is 7. The number of nitrogens with zero attached hydrogens (tertiary/aromatic N) is 5. The van der Waals surface area contributed by atoms with Crippen molar-refractivity contribution >= 4 is 36.4 Å². The van der Waals surface area contributed by atoms with E-state index in [1.165, 1.54) is 5.69 Å². The molecule has 0 radical (unpaired) electrons. The molecule has 3 aromatic rings. The molecular formula is C32H44N6OSi. The first-order valence-corrected chi connectivity index (χ1v) is 17.1. The highest BCUT2D eigenvalue weighted by Gasteiger charge is 2.41. The monoisotopic (exact) mass is 556 g/mol. The standard InChI is InChI=1S/C32H44N6OSi/c1-22(2)40(23(3)4,24(5)6)19-14-25-20-30(39-28-12-13-28)35-31-29(25)21-33-32(36-31)34-26-8-10-27(11-9-26)38-17-15-37(7)16-18-38/h8-11,20-24,28H,12-13,15-18H2,1-7H3,(H,33,34,35,36). The maximum atomic E-state index is 6.13. The van der Waals surface area contributed by atoms with Gasteiger partial charge in [0, 0.05) is 55.4 Å². The molecule has 1 aliphatic carbocycles. The number of hydrogen-bond donors (Lipinski definition) is 1. The molecule has 3 heterocycles. The van der Waals surface area contributed by atoms with Gasteiger partial charge in [0.25, 0.3) is 0 Å². The zero-order valence-electron chi connectivity index (χ0n) is 25.2. The van der Waals surface area contributed by atoms with E-state index in [4.69, 9.17) is 14.7 Å². The summed E-state index contributed by atoms with van der Waals surface area (Å²) in [6.07, 6.45) is 4.25. The van der Waals surface area contributed by atoms with Gasteiger partial charge in [0.05, 0.1) is 5.39 Å². The topological polar surface area (TPSA) is 66.4 Å². The predicted octanol–water partition coefficient (Wildman–Crippen LogP) is 6.63. The van der Waals surface area contributed by atoms with E-state index in [9.17, 15) is 0 Å². The number of likely N-dealkylation sites (N-methyl/N-ethyl adjacent to an activating group) is 1. The molecule has 0 unspecified atom stereocenters. The largest absolute Gasteiger partial charge is 0.474 e. The van der Waals surface area contributed by atoms with Gasteiger partial charge in [-0.2, -0.15) is 9.97 Å². The molecule has 1 aliphatic heterocycles. The van der Waals surface area contributed by atoms with Gasteiger partial charge in [-0.1, -0.05) is 47.5 Å². The Labute approximate surface area is 240 Å². The highest BCUT2D eigenvalue weighted by Crippen LogP contribution is 2.41. The van der Waals surface area contributed by atoms with Crippen LogP contribution in [0.2, 0.25) is 16.6 Å². The molecule has 1 N–H and O–H groups in total. The number of aromatic nitrogens is 3. The highest BCUT2D eigenvalue weighted by atomic mass is 28.3. The lowest BCUT2D eigenvalue weighted by Gasteiger charge is -2.38. The van der Waals surface area contributed by atoms with Gasteiger partial charge in [0.2, 0.25) is 11.8 Å². The molecule has 2 aromatic heterocycles. The Kier molecular flexibility index (Phi) is 8.34. The van der Waals surface area contributed by atoms with Gasteiger partial charge in [0.15, 0.2) is 5.65 Å². The average Bonchev–Trinajstić information content (AvgIpc) is 3.73. The van der Waals surface area contributed by atoms with Gasteiger partial charge in [-0.15, -0.1) is 5.54 Å². The number of ether oxygens (including phenoxy) is 1. The molecule has 7 nitrogen and oxygen atoms in total. The smallest absolute Gasteiger partial charge is 0.229 e. The molecule has 1 saturated carbocycles. The third-order valence-corrected chi connectivity index (χ3v) is 14.9. The Balaban J connectivity index is 1.44. The number of nitrogens with one attached hydrogen (secondary N) is 1. The Bertz CT molecular complexity index is 1360. The third kappa shape index (κ3) is 6.11. The van der Waals surface area contributed by atoms with Gasteiger partial charge in [0.1, 0.15) is 14.2 Å². The first-order chi connectivity index (χ1) is 19.2. The van der Waals surface area contributed by atoms with Crippen molar-refractivity contribution in [3.8, 4) is 17.3 Å². The summed E-state index contributed by atoms with van der Waals surface area (Å²) in [6, 6.07) is 10.5. The van der Waals surface area contributed by atoms with Crippen molar-refractivity contribution in [3.05, 3.63) is 42.1 Å². The quantitative estimate of drug-likeness (QED) is 0.247. The van der Waals surface area contributed by atoms with Crippen LogP contribution in [0.4, 0.5) is 17.3 Å². The maximum absolute atomic E-state index is 6.13. The van der Waals surface area contributed by atoms with Crippen LogP contribution in [-0.4, -0.2) is 67.3 Å². The van der Waals surface area contributed by atoms with E-state index in [2.05, 4.69) is 104 Å². The van der Waals surface area contributed by atoms with Gasteiger partial charge in [-0.3, -0.25) is 0 Å². The summed E-state index contributed by atoms with van der Waals surface area (Å²) in [5.41, 5.74) is 9.24. The summed E-state index contributed by atoms with van der Waals surface area (Å²) in [5.74, 6) is 4.72. The van der Waals surface area contributed by atoms with Crippen molar-refractivity contribution < 1.29 is 4.74 Å². The first kappa shape index (κ1) is 28.4. The fourth-order valence-corrected chi connectivity index (χ4v) is 11.3. The van der Waals surface area contributed by atoms with E-state index in [0.29, 0.717) is 34.1 Å². The SMILES string of the molecule is CC(C)[Si](C#Cc1cc(OC2CC2)nc2nc(Nc3ccc(N4CCN(C)CC4)cc3)ncc12)(C(C)C)C(C)C. The van der Waals surface area contributed by atoms with Crippen molar-refractivity contribution in [2.75, 3.05) is 43.4 Å². The molecule has 0 spiro atoms. The van der Waals surface area contributed by atoms with Crippen LogP contribution < -0.4 is 15.0 Å². The van der Waals surface area contributed by atoms with E-state index < -0.39 is 8.07 Å². The van der Waals surface area contributed by atoms with Gasteiger partial charge in [-0.05, 0) is 60.8 Å². The van der Waals surface area contributed by atoms with Crippen LogP contribution in [0.1, 0.15) is 59.9 Å². The van der Waals surface area contributed by atoms with Crippen LogP contribution in [0.25, 0.3) is 11.0 Å². The average molecular weight is 557 g/mol. The Morgan fingerprint density at radius 3 is 2.17 bits per heavy atom. The minimum atomic E-state index is -1.90. The van der Waals surface area contributed by atoms with Crippen LogP contribution in [0.5, 0.6) is 5.88 Å². The minimum Gasteiger partial charge on any atom is -0.474 e. The van der Waals surface area contributed by atoms with E-state index in [1.807, 2.05) is 12.3 Å². The lowest BCUT2D eigenvalue weighted by Crippen LogP contribution is -2.44. The van der Waals surface area contributed by atoms with Crippen molar-refractivity contribution in [2.24, 2.45) is 0 Å². The molecule has 0 amide bonds. The van der Waals surface area contributed by atoms with Crippen LogP contribution in [0, 0.1) is 11.5 Å². The van der Waals surface area contributed by atoms with Crippen LogP contribution >= 0.6 is 0 Å². The van der Waals surface area contributed by atoms with E-state index >= 15 is 0 Å². The number of anilines is 3. The van der Waals surface area contributed by atoms with Crippen LogP contribution in [0.3, 0.4) is 0 Å². The molecule has 2 aliphatic rings. The molecular weight excluding hydrogens is 512 g/mol. The third-order valence-electron chi connectivity index (χ3n) is 8.63. The summed E-state index contributed by atoms with van der Waals surface area (Å²) in [5, 5.41) is 4.23. The summed E-state index contributed by atoms with van der Waals surface area (Å²) < 4.78 is 6.13. The lowest BCUT2D eigenvalue weighted by atomic mass is 10.2. The van der Waals surface area contributed by atoms with E-state index in [-0.39, 0.29) is 6.10 Å². The predicted molar refractivity (Wildman–Crippen MR) is 168 cm³/mol. The van der Waals surface area contributed by atoms with Crippen molar-refractivity contribution in [3.63, 3.8) is 0 Å². The van der Waals surface area contributed by atoms with Crippen LogP contribution in [-0.2, 0) is 0 Å². The molecule has 8 heteroatoms. The van der Waals surface area contributed by atoms with Crippen LogP contribution in [0.15, 0.2) is 36.5 Å². The fourth-order valence-electron chi connectivity index (χ4n) is 6.12. The van der Waals surface area contributed by atoms with E-state index in [0.717, 1.165) is 55.7 Å². The minimum absolute atomic E-state index is 0.250. The van der Waals surface area contributed by atoms with Gasteiger partial charge < -0.3 is 19.9 Å². The van der Waals surface area contributed by atoms with Gasteiger partial charge in [-0.25, -0.2) is 4.98 Å². The summed E-state index contributed by atoms with van der Waals surface area (Å²) >= 11 is 0. The van der Waals surface area contributed by atoms with Crippen molar-refractivity contribution in [1.82, 2.24) is 19.9 Å². The zero-order chi connectivity index (χ0) is 28.4. The van der Waals surface area contributed by atoms with Crippen molar-refractivity contribution in [1.29, 1.82) is 0 Å². The second-order valence-electron chi connectivity index (χ2n) is 12.4. The first-order valence-electron chi connectivity index (χ1n) is 14.8. The normalized spacial score (nSPS) is 16.5. The summed E-state index contributed by atoms with van der Waals surface area (Å²) in [4.78, 5) is 19.0. The number of rotatable bonds is 8. The number of fused-ring (bicyclic) bond motifs is 1. The summed E-state index contributed by atoms with van der Waals surface area (Å²) in [6.45, 7) is 18.3.